The molecule has 1 aromatic heterocycles. The maximum Gasteiger partial charge on any atom is 0.305 e. The molecule has 1 fully saturated rings. The number of pyridine rings is 1. The average Bonchev–Trinajstić information content (AvgIpc) is 2.54. The third kappa shape index (κ3) is 5.34. The number of carbonyl (C=O) groups is 1. The fourth-order valence-corrected chi connectivity index (χ4v) is 2.42. The van der Waals surface area contributed by atoms with Crippen molar-refractivity contribution in [3.8, 4) is 0 Å². The summed E-state index contributed by atoms with van der Waals surface area (Å²) in [5.74, 6) is 0.979. The van der Waals surface area contributed by atoms with Gasteiger partial charge in [0, 0.05) is 45.3 Å². The molecule has 116 valence electrons. The van der Waals surface area contributed by atoms with E-state index in [-0.39, 0.29) is 5.97 Å². The number of aromatic nitrogens is 1. The summed E-state index contributed by atoms with van der Waals surface area (Å²) in [6, 6.07) is 6.00. The lowest BCUT2D eigenvalue weighted by Gasteiger charge is -2.35. The predicted molar refractivity (Wildman–Crippen MR) is 83.4 cm³/mol. The number of esters is 1. The zero-order chi connectivity index (χ0) is 14.9. The maximum atomic E-state index is 11.4. The minimum atomic E-state index is -0.0658. The van der Waals surface area contributed by atoms with E-state index in [1.807, 2.05) is 24.4 Å². The molecule has 0 unspecified atom stereocenters. The van der Waals surface area contributed by atoms with Crippen molar-refractivity contribution < 1.29 is 9.53 Å². The van der Waals surface area contributed by atoms with Crippen LogP contribution in [0.4, 0.5) is 5.82 Å². The second-order valence-electron chi connectivity index (χ2n) is 5.34. The SMILES string of the molecule is CCCCC(=O)OCCN1CCN(c2ccccn2)CC1. The number of rotatable bonds is 7. The van der Waals surface area contributed by atoms with Gasteiger partial charge in [0.25, 0.3) is 0 Å². The first kappa shape index (κ1) is 15.8. The van der Waals surface area contributed by atoms with E-state index in [4.69, 9.17) is 4.74 Å². The van der Waals surface area contributed by atoms with Gasteiger partial charge in [-0.1, -0.05) is 19.4 Å². The van der Waals surface area contributed by atoms with Gasteiger partial charge in [0.1, 0.15) is 12.4 Å². The van der Waals surface area contributed by atoms with Crippen molar-refractivity contribution in [3.05, 3.63) is 24.4 Å². The van der Waals surface area contributed by atoms with Crippen LogP contribution in [0.3, 0.4) is 0 Å². The van der Waals surface area contributed by atoms with E-state index < -0.39 is 0 Å². The lowest BCUT2D eigenvalue weighted by atomic mass is 10.2. The maximum absolute atomic E-state index is 11.4. The lowest BCUT2D eigenvalue weighted by Crippen LogP contribution is -2.47. The molecule has 0 spiro atoms. The Labute approximate surface area is 126 Å². The Kier molecular flexibility index (Phi) is 6.47. The van der Waals surface area contributed by atoms with Gasteiger partial charge in [0.15, 0.2) is 0 Å². The molecule has 0 aliphatic carbocycles. The molecule has 1 aliphatic heterocycles. The number of piperazine rings is 1. The number of ether oxygens (including phenoxy) is 1. The number of nitrogens with zero attached hydrogens (tertiary/aromatic N) is 3. The molecule has 5 nitrogen and oxygen atoms in total. The van der Waals surface area contributed by atoms with Crippen molar-refractivity contribution in [2.24, 2.45) is 0 Å². The number of unbranched alkanes of at least 4 members (excludes halogenated alkanes) is 1. The highest BCUT2D eigenvalue weighted by atomic mass is 16.5. The Morgan fingerprint density at radius 1 is 1.29 bits per heavy atom. The van der Waals surface area contributed by atoms with E-state index in [2.05, 4.69) is 21.7 Å². The first-order valence-electron chi connectivity index (χ1n) is 7.83. The van der Waals surface area contributed by atoms with Crippen LogP contribution in [-0.4, -0.2) is 55.2 Å². The minimum Gasteiger partial charge on any atom is -0.464 e. The normalized spacial score (nSPS) is 16.0. The van der Waals surface area contributed by atoms with E-state index >= 15 is 0 Å². The molecule has 2 heterocycles. The molecule has 1 aliphatic rings. The van der Waals surface area contributed by atoms with E-state index in [9.17, 15) is 4.79 Å². The average molecular weight is 291 g/mol. The van der Waals surface area contributed by atoms with Gasteiger partial charge in [-0.25, -0.2) is 4.98 Å². The predicted octanol–water partition coefficient (Wildman–Crippen LogP) is 1.94. The second kappa shape index (κ2) is 8.62. The molecule has 1 saturated heterocycles. The Morgan fingerprint density at radius 2 is 2.10 bits per heavy atom. The van der Waals surface area contributed by atoms with Crippen LogP contribution in [0.25, 0.3) is 0 Å². The fraction of sp³-hybridized carbons (Fsp3) is 0.625. The van der Waals surface area contributed by atoms with Crippen LogP contribution in [0.5, 0.6) is 0 Å². The molecule has 2 rings (SSSR count). The molecular weight excluding hydrogens is 266 g/mol. The van der Waals surface area contributed by atoms with Gasteiger partial charge >= 0.3 is 5.97 Å². The summed E-state index contributed by atoms with van der Waals surface area (Å²) in [7, 11) is 0. The second-order valence-corrected chi connectivity index (χ2v) is 5.34. The van der Waals surface area contributed by atoms with E-state index in [1.54, 1.807) is 0 Å². The third-order valence-corrected chi connectivity index (χ3v) is 3.75. The zero-order valence-corrected chi connectivity index (χ0v) is 12.8. The number of anilines is 1. The van der Waals surface area contributed by atoms with Gasteiger partial charge < -0.3 is 9.64 Å². The van der Waals surface area contributed by atoms with Crippen molar-refractivity contribution in [2.45, 2.75) is 26.2 Å². The van der Waals surface area contributed by atoms with Crippen molar-refractivity contribution in [1.82, 2.24) is 9.88 Å². The quantitative estimate of drug-likeness (QED) is 0.718. The van der Waals surface area contributed by atoms with Crippen LogP contribution >= 0.6 is 0 Å². The Balaban J connectivity index is 1.62. The highest BCUT2D eigenvalue weighted by molar-refractivity contribution is 5.69. The molecule has 0 radical (unpaired) electrons. The molecule has 5 heteroatoms. The highest BCUT2D eigenvalue weighted by Crippen LogP contribution is 2.12. The molecule has 1 aromatic rings. The summed E-state index contributed by atoms with van der Waals surface area (Å²) < 4.78 is 5.25. The molecule has 0 aromatic carbocycles. The molecule has 0 amide bonds. The van der Waals surface area contributed by atoms with Gasteiger partial charge in [-0.05, 0) is 18.6 Å². The summed E-state index contributed by atoms with van der Waals surface area (Å²) in [5.41, 5.74) is 0. The van der Waals surface area contributed by atoms with E-state index in [0.29, 0.717) is 13.0 Å². The summed E-state index contributed by atoms with van der Waals surface area (Å²) in [6.45, 7) is 7.34. The lowest BCUT2D eigenvalue weighted by molar-refractivity contribution is -0.144. The fourth-order valence-electron chi connectivity index (χ4n) is 2.42. The minimum absolute atomic E-state index is 0.0658. The van der Waals surface area contributed by atoms with E-state index in [1.165, 1.54) is 0 Å². The van der Waals surface area contributed by atoms with Crippen molar-refractivity contribution in [3.63, 3.8) is 0 Å². The monoisotopic (exact) mass is 291 g/mol. The molecule has 0 saturated carbocycles. The standard InChI is InChI=1S/C16H25N3O2/c1-2-3-7-16(20)21-14-13-18-9-11-19(12-10-18)15-6-4-5-8-17-15/h4-6,8H,2-3,7,9-14H2,1H3. The van der Waals surface area contributed by atoms with Gasteiger partial charge in [-0.3, -0.25) is 9.69 Å². The number of hydrogen-bond acceptors (Lipinski definition) is 5. The van der Waals surface area contributed by atoms with Gasteiger partial charge in [0.2, 0.25) is 0 Å². The Bertz CT molecular complexity index is 417. The third-order valence-electron chi connectivity index (χ3n) is 3.75. The van der Waals surface area contributed by atoms with E-state index in [0.717, 1.165) is 51.4 Å². The molecule has 0 bridgehead atoms. The van der Waals surface area contributed by atoms with Crippen LogP contribution in [0.2, 0.25) is 0 Å². The first-order valence-corrected chi connectivity index (χ1v) is 7.83. The highest BCUT2D eigenvalue weighted by Gasteiger charge is 2.17. The topological polar surface area (TPSA) is 45.7 Å². The number of carbonyl (C=O) groups excluding carboxylic acids is 1. The van der Waals surface area contributed by atoms with Crippen molar-refractivity contribution >= 4 is 11.8 Å². The first-order chi connectivity index (χ1) is 10.3. The largest absolute Gasteiger partial charge is 0.464 e. The summed E-state index contributed by atoms with van der Waals surface area (Å²) in [4.78, 5) is 20.4. The molecular formula is C16H25N3O2. The zero-order valence-electron chi connectivity index (χ0n) is 12.8. The van der Waals surface area contributed by atoms with Crippen LogP contribution < -0.4 is 4.90 Å². The van der Waals surface area contributed by atoms with Crippen LogP contribution in [0.1, 0.15) is 26.2 Å². The number of hydrogen-bond donors (Lipinski definition) is 0. The van der Waals surface area contributed by atoms with Crippen LogP contribution in [-0.2, 0) is 9.53 Å². The Hall–Kier alpha value is -1.62. The van der Waals surface area contributed by atoms with Gasteiger partial charge in [-0.2, -0.15) is 0 Å². The van der Waals surface area contributed by atoms with Gasteiger partial charge in [0.05, 0.1) is 0 Å². The van der Waals surface area contributed by atoms with Crippen molar-refractivity contribution in [2.75, 3.05) is 44.2 Å². The summed E-state index contributed by atoms with van der Waals surface area (Å²) in [5, 5.41) is 0. The summed E-state index contributed by atoms with van der Waals surface area (Å²) >= 11 is 0. The smallest absolute Gasteiger partial charge is 0.305 e. The molecule has 0 atom stereocenters. The Morgan fingerprint density at radius 3 is 2.76 bits per heavy atom. The molecule has 0 N–H and O–H groups in total. The van der Waals surface area contributed by atoms with Crippen LogP contribution in [0, 0.1) is 0 Å². The van der Waals surface area contributed by atoms with Gasteiger partial charge in [-0.15, -0.1) is 0 Å². The summed E-state index contributed by atoms with van der Waals surface area (Å²) in [6.07, 6.45) is 4.33. The van der Waals surface area contributed by atoms with Crippen LogP contribution in [0.15, 0.2) is 24.4 Å². The molecule has 21 heavy (non-hydrogen) atoms. The van der Waals surface area contributed by atoms with Crippen molar-refractivity contribution in [1.29, 1.82) is 0 Å².